The summed E-state index contributed by atoms with van der Waals surface area (Å²) in [4.78, 5) is 13.4. The van der Waals surface area contributed by atoms with Crippen LogP contribution in [0.15, 0.2) is 29.6 Å². The highest BCUT2D eigenvalue weighted by atomic mass is 32.1. The minimum Gasteiger partial charge on any atom is -0.497 e. The molecule has 8 heteroatoms. The molecule has 0 N–H and O–H groups in total. The summed E-state index contributed by atoms with van der Waals surface area (Å²) in [5.74, 6) is -0.647. The summed E-state index contributed by atoms with van der Waals surface area (Å²) < 4.78 is 24.9. The van der Waals surface area contributed by atoms with Crippen molar-refractivity contribution in [2.45, 2.75) is 6.10 Å². The van der Waals surface area contributed by atoms with Crippen molar-refractivity contribution in [1.29, 1.82) is 0 Å². The zero-order valence-corrected chi connectivity index (χ0v) is 13.2. The number of thiophene rings is 1. The lowest BCUT2D eigenvalue weighted by Crippen LogP contribution is -2.38. The molecule has 1 aliphatic rings. The molecule has 1 aromatic carbocycles. The van der Waals surface area contributed by atoms with Crippen molar-refractivity contribution in [1.82, 2.24) is 0 Å². The van der Waals surface area contributed by atoms with Crippen LogP contribution in [-0.2, 0) is 4.74 Å². The van der Waals surface area contributed by atoms with E-state index in [1.165, 1.54) is 13.2 Å². The van der Waals surface area contributed by atoms with Crippen LogP contribution in [0.1, 0.15) is 11.0 Å². The van der Waals surface area contributed by atoms with E-state index in [1.807, 2.05) is 17.5 Å². The fraction of sp³-hybridized carbons (Fsp3) is 0.333. The molecule has 1 unspecified atom stereocenters. The monoisotopic (exact) mass is 338 g/mol. The second kappa shape index (κ2) is 6.51. The lowest BCUT2D eigenvalue weighted by atomic mass is 10.1. The normalized spacial score (nSPS) is 18.0. The van der Waals surface area contributed by atoms with E-state index in [0.29, 0.717) is 19.7 Å². The Morgan fingerprint density at radius 2 is 2.35 bits per heavy atom. The Hall–Kier alpha value is -2.19. The fourth-order valence-electron chi connectivity index (χ4n) is 2.61. The van der Waals surface area contributed by atoms with E-state index in [9.17, 15) is 14.5 Å². The molecule has 1 fully saturated rings. The van der Waals surface area contributed by atoms with Gasteiger partial charge in [-0.15, -0.1) is 11.3 Å². The molecule has 23 heavy (non-hydrogen) atoms. The van der Waals surface area contributed by atoms with E-state index in [-0.39, 0.29) is 17.5 Å². The first-order valence-electron chi connectivity index (χ1n) is 7.02. The third-order valence-corrected chi connectivity index (χ3v) is 4.67. The molecule has 0 saturated carbocycles. The van der Waals surface area contributed by atoms with E-state index in [0.717, 1.165) is 10.9 Å². The number of ether oxygens (including phenoxy) is 2. The SMILES string of the molecule is COc1cc(F)c([N+](=O)[O-])c(N2CCOC(c3cccs3)C2)c1. The van der Waals surface area contributed by atoms with E-state index in [4.69, 9.17) is 9.47 Å². The predicted octanol–water partition coefficient (Wildman–Crippen LogP) is 3.38. The molecule has 3 rings (SSSR count). The number of benzene rings is 1. The Bertz CT molecular complexity index is 708. The standard InChI is InChI=1S/C15H15FN2O4S/c1-21-10-7-11(16)15(18(19)20)12(8-10)17-4-5-22-13(9-17)14-3-2-6-23-14/h2-3,6-8,13H,4-5,9H2,1H3. The van der Waals surface area contributed by atoms with Gasteiger partial charge in [-0.25, -0.2) is 0 Å². The van der Waals surface area contributed by atoms with Crippen LogP contribution in [-0.4, -0.2) is 31.7 Å². The number of methoxy groups -OCH3 is 1. The Balaban J connectivity index is 1.96. The van der Waals surface area contributed by atoms with Gasteiger partial charge in [-0.05, 0) is 11.4 Å². The minimum absolute atomic E-state index is 0.183. The highest BCUT2D eigenvalue weighted by Gasteiger charge is 2.30. The number of nitro benzene ring substituents is 1. The zero-order valence-electron chi connectivity index (χ0n) is 12.4. The van der Waals surface area contributed by atoms with Gasteiger partial charge in [-0.2, -0.15) is 4.39 Å². The van der Waals surface area contributed by atoms with Crippen molar-refractivity contribution in [3.63, 3.8) is 0 Å². The van der Waals surface area contributed by atoms with E-state index >= 15 is 0 Å². The second-order valence-corrected chi connectivity index (χ2v) is 6.03. The molecule has 2 aromatic rings. The fourth-order valence-corrected chi connectivity index (χ4v) is 3.38. The molecular formula is C15H15FN2O4S. The second-order valence-electron chi connectivity index (χ2n) is 5.05. The number of rotatable bonds is 4. The van der Waals surface area contributed by atoms with Gasteiger partial charge in [-0.1, -0.05) is 6.07 Å². The summed E-state index contributed by atoms with van der Waals surface area (Å²) in [5.41, 5.74) is -0.311. The lowest BCUT2D eigenvalue weighted by molar-refractivity contribution is -0.386. The van der Waals surface area contributed by atoms with E-state index < -0.39 is 16.4 Å². The first-order chi connectivity index (χ1) is 11.1. The average molecular weight is 338 g/mol. The zero-order chi connectivity index (χ0) is 16.4. The van der Waals surface area contributed by atoms with Crippen LogP contribution < -0.4 is 9.64 Å². The van der Waals surface area contributed by atoms with Gasteiger partial charge in [0.05, 0.1) is 18.6 Å². The van der Waals surface area contributed by atoms with Crippen LogP contribution in [0, 0.1) is 15.9 Å². The highest BCUT2D eigenvalue weighted by molar-refractivity contribution is 7.10. The van der Waals surface area contributed by atoms with Crippen molar-refractivity contribution in [3.05, 3.63) is 50.5 Å². The summed E-state index contributed by atoms with van der Waals surface area (Å²) in [6.07, 6.45) is -0.183. The topological polar surface area (TPSA) is 64.8 Å². The van der Waals surface area contributed by atoms with Gasteiger partial charge in [0.25, 0.3) is 0 Å². The predicted molar refractivity (Wildman–Crippen MR) is 84.8 cm³/mol. The van der Waals surface area contributed by atoms with Gasteiger partial charge in [0.1, 0.15) is 17.5 Å². The Labute approximate surface area is 136 Å². The smallest absolute Gasteiger partial charge is 0.328 e. The van der Waals surface area contributed by atoms with E-state index in [2.05, 4.69) is 0 Å². The van der Waals surface area contributed by atoms with Crippen LogP contribution in [0.25, 0.3) is 0 Å². The molecule has 0 amide bonds. The molecule has 122 valence electrons. The maximum atomic E-state index is 14.1. The number of nitrogens with zero attached hydrogens (tertiary/aromatic N) is 2. The molecule has 0 bridgehead atoms. The molecule has 6 nitrogen and oxygen atoms in total. The maximum absolute atomic E-state index is 14.1. The van der Waals surface area contributed by atoms with Crippen molar-refractivity contribution in [2.75, 3.05) is 31.7 Å². The minimum atomic E-state index is -0.900. The third-order valence-electron chi connectivity index (χ3n) is 3.70. The van der Waals surface area contributed by atoms with E-state index in [1.54, 1.807) is 16.2 Å². The summed E-state index contributed by atoms with van der Waals surface area (Å²) in [6, 6.07) is 6.41. The average Bonchev–Trinajstić information content (AvgIpc) is 3.08. The Morgan fingerprint density at radius 1 is 1.52 bits per heavy atom. The highest BCUT2D eigenvalue weighted by Crippen LogP contribution is 2.37. The van der Waals surface area contributed by atoms with Crippen molar-refractivity contribution >= 4 is 22.7 Å². The summed E-state index contributed by atoms with van der Waals surface area (Å²) in [5, 5.41) is 13.2. The van der Waals surface area contributed by atoms with Gasteiger partial charge in [0.15, 0.2) is 0 Å². The molecular weight excluding hydrogens is 323 g/mol. The molecule has 0 radical (unpaired) electrons. The summed E-state index contributed by atoms with van der Waals surface area (Å²) in [7, 11) is 1.40. The van der Waals surface area contributed by atoms with Crippen molar-refractivity contribution in [3.8, 4) is 5.75 Å². The number of anilines is 1. The molecule has 1 saturated heterocycles. The molecule has 1 atom stereocenters. The van der Waals surface area contributed by atoms with Gasteiger partial charge in [-0.3, -0.25) is 10.1 Å². The van der Waals surface area contributed by atoms with Crippen LogP contribution in [0.4, 0.5) is 15.8 Å². The third kappa shape index (κ3) is 3.13. The van der Waals surface area contributed by atoms with Crippen molar-refractivity contribution < 1.29 is 18.8 Å². The van der Waals surface area contributed by atoms with Gasteiger partial charge >= 0.3 is 5.69 Å². The number of nitro groups is 1. The first kappa shape index (κ1) is 15.7. The van der Waals surface area contributed by atoms with Gasteiger partial charge in [0.2, 0.25) is 5.82 Å². The number of halogens is 1. The van der Waals surface area contributed by atoms with Gasteiger partial charge in [0, 0.05) is 30.1 Å². The molecule has 1 aromatic heterocycles. The van der Waals surface area contributed by atoms with Crippen molar-refractivity contribution in [2.24, 2.45) is 0 Å². The molecule has 2 heterocycles. The van der Waals surface area contributed by atoms with Crippen LogP contribution in [0.5, 0.6) is 5.75 Å². The maximum Gasteiger partial charge on any atom is 0.328 e. The van der Waals surface area contributed by atoms with Crippen LogP contribution in [0.2, 0.25) is 0 Å². The number of hydrogen-bond acceptors (Lipinski definition) is 6. The lowest BCUT2D eigenvalue weighted by Gasteiger charge is -2.33. The largest absolute Gasteiger partial charge is 0.497 e. The Morgan fingerprint density at radius 3 is 3.00 bits per heavy atom. The quantitative estimate of drug-likeness (QED) is 0.632. The van der Waals surface area contributed by atoms with Gasteiger partial charge < -0.3 is 14.4 Å². The molecule has 0 spiro atoms. The van der Waals surface area contributed by atoms with Crippen LogP contribution in [0.3, 0.4) is 0 Å². The van der Waals surface area contributed by atoms with Crippen LogP contribution >= 0.6 is 11.3 Å². The Kier molecular flexibility index (Phi) is 4.44. The molecule has 1 aliphatic heterocycles. The number of hydrogen-bond donors (Lipinski definition) is 0. The molecule has 0 aliphatic carbocycles. The summed E-state index contributed by atoms with van der Waals surface area (Å²) >= 11 is 1.56. The number of morpholine rings is 1. The first-order valence-corrected chi connectivity index (χ1v) is 7.90. The summed E-state index contributed by atoms with van der Waals surface area (Å²) in [6.45, 7) is 1.29.